The van der Waals surface area contributed by atoms with E-state index in [9.17, 15) is 0 Å². The number of rotatable bonds is 9. The van der Waals surface area contributed by atoms with Gasteiger partial charge >= 0.3 is 0 Å². The molecular weight excluding hydrogens is 274 g/mol. The fourth-order valence-corrected chi connectivity index (χ4v) is 2.62. The molecule has 1 aromatic heterocycles. The maximum Gasteiger partial charge on any atom is 0.142 e. The first-order chi connectivity index (χ1) is 10.8. The van der Waals surface area contributed by atoms with Crippen LogP contribution in [0.4, 0.5) is 0 Å². The largest absolute Gasteiger partial charge is 0.495 e. The monoisotopic (exact) mass is 301 g/mol. The Morgan fingerprint density at radius 1 is 1.09 bits per heavy atom. The molecule has 0 bridgehead atoms. The number of ether oxygens (including phenoxy) is 1. The quantitative estimate of drug-likeness (QED) is 0.722. The van der Waals surface area contributed by atoms with Crippen LogP contribution in [0.3, 0.4) is 0 Å². The minimum atomic E-state index is 0.853. The first kappa shape index (κ1) is 16.6. The SMILES string of the molecule is CCN(CC)CCNCc1cccn1-c1ccccc1OC. The highest BCUT2D eigenvalue weighted by Gasteiger charge is 2.08. The molecule has 120 valence electrons. The molecule has 1 N–H and O–H groups in total. The summed E-state index contributed by atoms with van der Waals surface area (Å²) in [6, 6.07) is 12.3. The van der Waals surface area contributed by atoms with Crippen LogP contribution in [-0.4, -0.2) is 42.8 Å². The third kappa shape index (κ3) is 4.12. The summed E-state index contributed by atoms with van der Waals surface area (Å²) >= 11 is 0. The number of hydrogen-bond acceptors (Lipinski definition) is 3. The minimum Gasteiger partial charge on any atom is -0.495 e. The molecule has 2 rings (SSSR count). The Hall–Kier alpha value is -1.78. The summed E-state index contributed by atoms with van der Waals surface area (Å²) in [7, 11) is 1.71. The predicted molar refractivity (Wildman–Crippen MR) is 91.8 cm³/mol. The molecule has 0 amide bonds. The van der Waals surface area contributed by atoms with Crippen molar-refractivity contribution in [2.75, 3.05) is 33.3 Å². The van der Waals surface area contributed by atoms with Gasteiger partial charge in [-0.2, -0.15) is 0 Å². The van der Waals surface area contributed by atoms with Gasteiger partial charge in [-0.3, -0.25) is 0 Å². The Balaban J connectivity index is 1.98. The van der Waals surface area contributed by atoms with Gasteiger partial charge in [0.05, 0.1) is 12.8 Å². The minimum absolute atomic E-state index is 0.853. The molecule has 0 aliphatic carbocycles. The number of nitrogens with one attached hydrogen (secondary N) is 1. The molecule has 0 spiro atoms. The zero-order valence-corrected chi connectivity index (χ0v) is 13.9. The highest BCUT2D eigenvalue weighted by molar-refractivity contribution is 5.48. The van der Waals surface area contributed by atoms with E-state index in [0.29, 0.717) is 0 Å². The maximum atomic E-state index is 5.46. The summed E-state index contributed by atoms with van der Waals surface area (Å²) in [4.78, 5) is 2.42. The highest BCUT2D eigenvalue weighted by atomic mass is 16.5. The second kappa shape index (κ2) is 8.61. The van der Waals surface area contributed by atoms with Crippen molar-refractivity contribution in [3.63, 3.8) is 0 Å². The third-order valence-electron chi connectivity index (χ3n) is 3.98. The van der Waals surface area contributed by atoms with Gasteiger partial charge in [0.15, 0.2) is 0 Å². The summed E-state index contributed by atoms with van der Waals surface area (Å²) in [6.07, 6.45) is 2.08. The molecule has 4 heteroatoms. The smallest absolute Gasteiger partial charge is 0.142 e. The van der Waals surface area contributed by atoms with Crippen molar-refractivity contribution in [2.45, 2.75) is 20.4 Å². The van der Waals surface area contributed by atoms with E-state index in [0.717, 1.165) is 44.2 Å². The highest BCUT2D eigenvalue weighted by Crippen LogP contribution is 2.23. The van der Waals surface area contributed by atoms with E-state index in [1.165, 1.54) is 5.69 Å². The number of aromatic nitrogens is 1. The lowest BCUT2D eigenvalue weighted by molar-refractivity contribution is 0.302. The Morgan fingerprint density at radius 3 is 2.59 bits per heavy atom. The predicted octanol–water partition coefficient (Wildman–Crippen LogP) is 2.92. The second-order valence-electron chi connectivity index (χ2n) is 5.25. The van der Waals surface area contributed by atoms with Crippen LogP contribution in [-0.2, 0) is 6.54 Å². The van der Waals surface area contributed by atoms with Gasteiger partial charge in [-0.15, -0.1) is 0 Å². The summed E-state index contributed by atoms with van der Waals surface area (Å²) in [5.41, 5.74) is 2.32. The molecule has 0 fully saturated rings. The fraction of sp³-hybridized carbons (Fsp3) is 0.444. The van der Waals surface area contributed by atoms with Crippen LogP contribution in [0.15, 0.2) is 42.6 Å². The van der Waals surface area contributed by atoms with Crippen LogP contribution in [0.2, 0.25) is 0 Å². The zero-order chi connectivity index (χ0) is 15.8. The van der Waals surface area contributed by atoms with E-state index in [-0.39, 0.29) is 0 Å². The molecule has 0 aliphatic rings. The van der Waals surface area contributed by atoms with Crippen LogP contribution in [0.1, 0.15) is 19.5 Å². The average molecular weight is 301 g/mol. The van der Waals surface area contributed by atoms with Crippen molar-refractivity contribution in [1.29, 1.82) is 0 Å². The topological polar surface area (TPSA) is 29.4 Å². The molecule has 1 aromatic carbocycles. The normalized spacial score (nSPS) is 11.1. The molecule has 0 unspecified atom stereocenters. The molecule has 0 atom stereocenters. The molecule has 4 nitrogen and oxygen atoms in total. The van der Waals surface area contributed by atoms with Gasteiger partial charge in [0.1, 0.15) is 5.75 Å². The van der Waals surface area contributed by atoms with Gasteiger partial charge in [0, 0.05) is 31.5 Å². The number of likely N-dealkylation sites (N-methyl/N-ethyl adjacent to an activating group) is 1. The van der Waals surface area contributed by atoms with E-state index in [2.05, 4.69) is 53.0 Å². The van der Waals surface area contributed by atoms with Crippen molar-refractivity contribution < 1.29 is 4.74 Å². The van der Waals surface area contributed by atoms with Gasteiger partial charge in [-0.1, -0.05) is 26.0 Å². The van der Waals surface area contributed by atoms with Crippen LogP contribution in [0, 0.1) is 0 Å². The molecule has 0 saturated carbocycles. The first-order valence-electron chi connectivity index (χ1n) is 8.02. The van der Waals surface area contributed by atoms with E-state index in [1.807, 2.05) is 18.2 Å². The average Bonchev–Trinajstić information content (AvgIpc) is 3.03. The van der Waals surface area contributed by atoms with E-state index < -0.39 is 0 Å². The molecule has 0 aliphatic heterocycles. The Kier molecular flexibility index (Phi) is 6.49. The van der Waals surface area contributed by atoms with Crippen molar-refractivity contribution in [2.24, 2.45) is 0 Å². The number of hydrogen-bond donors (Lipinski definition) is 1. The Morgan fingerprint density at radius 2 is 1.86 bits per heavy atom. The van der Waals surface area contributed by atoms with Crippen LogP contribution >= 0.6 is 0 Å². The van der Waals surface area contributed by atoms with Gasteiger partial charge in [0.25, 0.3) is 0 Å². The van der Waals surface area contributed by atoms with Crippen molar-refractivity contribution >= 4 is 0 Å². The van der Waals surface area contributed by atoms with Gasteiger partial charge in [-0.05, 0) is 37.4 Å². The molecule has 0 radical (unpaired) electrons. The summed E-state index contributed by atoms with van der Waals surface area (Å²) in [6.45, 7) is 9.56. The van der Waals surface area contributed by atoms with Crippen LogP contribution < -0.4 is 10.1 Å². The van der Waals surface area contributed by atoms with Crippen LogP contribution in [0.25, 0.3) is 5.69 Å². The number of methoxy groups -OCH3 is 1. The lowest BCUT2D eigenvalue weighted by Crippen LogP contribution is -2.31. The fourth-order valence-electron chi connectivity index (χ4n) is 2.62. The lowest BCUT2D eigenvalue weighted by Gasteiger charge is -2.18. The molecular formula is C18H27N3O. The summed E-state index contributed by atoms with van der Waals surface area (Å²) in [5, 5.41) is 3.53. The van der Waals surface area contributed by atoms with E-state index in [1.54, 1.807) is 7.11 Å². The Bertz CT molecular complexity index is 561. The van der Waals surface area contributed by atoms with Gasteiger partial charge < -0.3 is 19.5 Å². The molecule has 2 aromatic rings. The maximum absolute atomic E-state index is 5.46. The molecule has 1 heterocycles. The number of nitrogens with zero attached hydrogens (tertiary/aromatic N) is 2. The summed E-state index contributed by atoms with van der Waals surface area (Å²) < 4.78 is 7.65. The first-order valence-corrected chi connectivity index (χ1v) is 8.02. The zero-order valence-electron chi connectivity index (χ0n) is 13.9. The van der Waals surface area contributed by atoms with Gasteiger partial charge in [0.2, 0.25) is 0 Å². The molecule has 22 heavy (non-hydrogen) atoms. The lowest BCUT2D eigenvalue weighted by atomic mass is 10.3. The number of para-hydroxylation sites is 2. The van der Waals surface area contributed by atoms with Crippen molar-refractivity contribution in [3.8, 4) is 11.4 Å². The van der Waals surface area contributed by atoms with Gasteiger partial charge in [-0.25, -0.2) is 0 Å². The van der Waals surface area contributed by atoms with E-state index >= 15 is 0 Å². The molecule has 0 saturated heterocycles. The third-order valence-corrected chi connectivity index (χ3v) is 3.98. The second-order valence-corrected chi connectivity index (χ2v) is 5.25. The summed E-state index contributed by atoms with van der Waals surface area (Å²) in [5.74, 6) is 0.892. The Labute approximate surface area is 133 Å². The van der Waals surface area contributed by atoms with Crippen LogP contribution in [0.5, 0.6) is 5.75 Å². The van der Waals surface area contributed by atoms with Crippen molar-refractivity contribution in [3.05, 3.63) is 48.3 Å². The van der Waals surface area contributed by atoms with Crippen molar-refractivity contribution in [1.82, 2.24) is 14.8 Å². The standard InChI is InChI=1S/C18H27N3O/c1-4-20(5-2)14-12-19-15-16-9-8-13-21(16)17-10-6-7-11-18(17)22-3/h6-11,13,19H,4-5,12,14-15H2,1-3H3. The van der Waals surface area contributed by atoms with E-state index in [4.69, 9.17) is 4.74 Å². The number of benzene rings is 1.